The monoisotopic (exact) mass is 302 g/mol. The molecule has 0 aliphatic carbocycles. The van der Waals surface area contributed by atoms with E-state index in [1.54, 1.807) is 13.8 Å². The number of benzene rings is 1. The van der Waals surface area contributed by atoms with E-state index in [1.807, 2.05) is 30.3 Å². The van der Waals surface area contributed by atoms with Gasteiger partial charge in [0.1, 0.15) is 11.3 Å². The molecule has 0 aliphatic rings. The van der Waals surface area contributed by atoms with E-state index in [0.717, 1.165) is 5.56 Å². The SMILES string of the molecule is Cc1noc(C)c1C(=O)NC(CCC(=O)O)c1ccccc1. The Morgan fingerprint density at radius 3 is 2.50 bits per heavy atom. The summed E-state index contributed by atoms with van der Waals surface area (Å²) in [6, 6.07) is 8.92. The first-order chi connectivity index (χ1) is 10.5. The van der Waals surface area contributed by atoms with Crippen LogP contribution in [0.2, 0.25) is 0 Å². The molecule has 2 N–H and O–H groups in total. The predicted molar refractivity (Wildman–Crippen MR) is 79.5 cm³/mol. The van der Waals surface area contributed by atoms with Crippen molar-refractivity contribution in [1.29, 1.82) is 0 Å². The molecule has 6 nitrogen and oxygen atoms in total. The molecule has 116 valence electrons. The number of carbonyl (C=O) groups is 2. The molecular formula is C16H18N2O4. The van der Waals surface area contributed by atoms with Crippen LogP contribution >= 0.6 is 0 Å². The number of nitrogens with one attached hydrogen (secondary N) is 1. The number of aryl methyl sites for hydroxylation is 2. The quantitative estimate of drug-likeness (QED) is 0.855. The molecule has 1 aromatic heterocycles. The van der Waals surface area contributed by atoms with Crippen molar-refractivity contribution in [3.8, 4) is 0 Å². The first kappa shape index (κ1) is 15.8. The largest absolute Gasteiger partial charge is 0.481 e. The molecule has 0 saturated carbocycles. The van der Waals surface area contributed by atoms with Crippen LogP contribution in [0.15, 0.2) is 34.9 Å². The maximum Gasteiger partial charge on any atom is 0.303 e. The van der Waals surface area contributed by atoms with Gasteiger partial charge in [-0.3, -0.25) is 9.59 Å². The van der Waals surface area contributed by atoms with Crippen molar-refractivity contribution >= 4 is 11.9 Å². The molecule has 0 bridgehead atoms. The summed E-state index contributed by atoms with van der Waals surface area (Å²) in [5.41, 5.74) is 1.78. The van der Waals surface area contributed by atoms with Crippen molar-refractivity contribution in [2.75, 3.05) is 0 Å². The fourth-order valence-corrected chi connectivity index (χ4v) is 2.31. The summed E-state index contributed by atoms with van der Waals surface area (Å²) in [6.45, 7) is 3.36. The fourth-order valence-electron chi connectivity index (χ4n) is 2.31. The normalized spacial score (nSPS) is 11.9. The van der Waals surface area contributed by atoms with E-state index in [4.69, 9.17) is 9.63 Å². The highest BCUT2D eigenvalue weighted by molar-refractivity contribution is 5.96. The van der Waals surface area contributed by atoms with Crippen molar-refractivity contribution in [2.45, 2.75) is 32.7 Å². The van der Waals surface area contributed by atoms with Crippen LogP contribution in [0.3, 0.4) is 0 Å². The van der Waals surface area contributed by atoms with E-state index in [1.165, 1.54) is 0 Å². The standard InChI is InChI=1S/C16H18N2O4/c1-10-15(11(2)22-18-10)16(21)17-13(8-9-14(19)20)12-6-4-3-5-7-12/h3-7,13H,8-9H2,1-2H3,(H,17,21)(H,19,20). The molecule has 0 saturated heterocycles. The second kappa shape index (κ2) is 6.89. The maximum atomic E-state index is 12.4. The third-order valence-corrected chi connectivity index (χ3v) is 3.41. The molecule has 2 rings (SSSR count). The van der Waals surface area contributed by atoms with Crippen LogP contribution < -0.4 is 5.32 Å². The second-order valence-corrected chi connectivity index (χ2v) is 5.07. The van der Waals surface area contributed by atoms with E-state index in [-0.39, 0.29) is 18.4 Å². The van der Waals surface area contributed by atoms with Crippen molar-refractivity contribution < 1.29 is 19.2 Å². The number of hydrogen-bond acceptors (Lipinski definition) is 4. The van der Waals surface area contributed by atoms with E-state index < -0.39 is 5.97 Å². The highest BCUT2D eigenvalue weighted by Gasteiger charge is 2.22. The number of aromatic nitrogens is 1. The highest BCUT2D eigenvalue weighted by atomic mass is 16.5. The van der Waals surface area contributed by atoms with Gasteiger partial charge >= 0.3 is 5.97 Å². The van der Waals surface area contributed by atoms with Crippen LogP contribution in [0.4, 0.5) is 0 Å². The van der Waals surface area contributed by atoms with Crippen LogP contribution in [-0.4, -0.2) is 22.1 Å². The van der Waals surface area contributed by atoms with E-state index in [2.05, 4.69) is 10.5 Å². The molecule has 22 heavy (non-hydrogen) atoms. The molecular weight excluding hydrogens is 284 g/mol. The lowest BCUT2D eigenvalue weighted by atomic mass is 10.0. The molecule has 1 unspecified atom stereocenters. The first-order valence-corrected chi connectivity index (χ1v) is 6.99. The Hall–Kier alpha value is -2.63. The number of rotatable bonds is 6. The lowest BCUT2D eigenvalue weighted by Crippen LogP contribution is -2.29. The number of aliphatic carboxylic acids is 1. The number of amides is 1. The summed E-state index contributed by atoms with van der Waals surface area (Å²) in [6.07, 6.45) is 0.288. The van der Waals surface area contributed by atoms with Crippen LogP contribution in [0, 0.1) is 13.8 Å². The van der Waals surface area contributed by atoms with Gasteiger partial charge in [0.15, 0.2) is 0 Å². The smallest absolute Gasteiger partial charge is 0.303 e. The third-order valence-electron chi connectivity index (χ3n) is 3.41. The Balaban J connectivity index is 2.19. The molecule has 1 aromatic carbocycles. The van der Waals surface area contributed by atoms with Gasteiger partial charge in [-0.1, -0.05) is 35.5 Å². The molecule has 0 spiro atoms. The maximum absolute atomic E-state index is 12.4. The third kappa shape index (κ3) is 3.72. The summed E-state index contributed by atoms with van der Waals surface area (Å²) in [5.74, 6) is -0.761. The summed E-state index contributed by atoms with van der Waals surface area (Å²) < 4.78 is 5.00. The molecule has 0 fully saturated rings. The lowest BCUT2D eigenvalue weighted by molar-refractivity contribution is -0.137. The molecule has 1 atom stereocenters. The number of carboxylic acid groups (broad SMARTS) is 1. The molecule has 0 aliphatic heterocycles. The van der Waals surface area contributed by atoms with Crippen molar-refractivity contribution in [3.63, 3.8) is 0 Å². The first-order valence-electron chi connectivity index (χ1n) is 6.99. The topological polar surface area (TPSA) is 92.4 Å². The Morgan fingerprint density at radius 2 is 1.95 bits per heavy atom. The average molecular weight is 302 g/mol. The number of carbonyl (C=O) groups excluding carboxylic acids is 1. The van der Waals surface area contributed by atoms with Gasteiger partial charge in [0.25, 0.3) is 5.91 Å². The van der Waals surface area contributed by atoms with E-state index >= 15 is 0 Å². The van der Waals surface area contributed by atoms with Gasteiger partial charge in [0.05, 0.1) is 11.7 Å². The Labute approximate surface area is 128 Å². The number of hydrogen-bond donors (Lipinski definition) is 2. The van der Waals surface area contributed by atoms with Gasteiger partial charge in [0.2, 0.25) is 0 Å². The molecule has 1 amide bonds. The van der Waals surface area contributed by atoms with Gasteiger partial charge in [-0.15, -0.1) is 0 Å². The zero-order chi connectivity index (χ0) is 16.1. The van der Waals surface area contributed by atoms with Crippen molar-refractivity contribution in [1.82, 2.24) is 10.5 Å². The molecule has 0 radical (unpaired) electrons. The minimum atomic E-state index is -0.896. The lowest BCUT2D eigenvalue weighted by Gasteiger charge is -2.18. The van der Waals surface area contributed by atoms with Crippen LogP contribution in [0.5, 0.6) is 0 Å². The van der Waals surface area contributed by atoms with Crippen molar-refractivity contribution in [2.24, 2.45) is 0 Å². The van der Waals surface area contributed by atoms with E-state index in [9.17, 15) is 9.59 Å². The van der Waals surface area contributed by atoms with Crippen molar-refractivity contribution in [3.05, 3.63) is 52.9 Å². The minimum absolute atomic E-state index is 0.0263. The molecule has 2 aromatic rings. The fraction of sp³-hybridized carbons (Fsp3) is 0.312. The molecule has 6 heteroatoms. The van der Waals surface area contributed by atoms with Crippen LogP contribution in [0.1, 0.15) is 46.3 Å². The van der Waals surface area contributed by atoms with Gasteiger partial charge in [-0.05, 0) is 25.8 Å². The van der Waals surface area contributed by atoms with Gasteiger partial charge < -0.3 is 14.9 Å². The Bertz CT molecular complexity index is 645. The van der Waals surface area contributed by atoms with Gasteiger partial charge in [0, 0.05) is 6.42 Å². The summed E-state index contributed by atoms with van der Waals surface area (Å²) in [7, 11) is 0. The number of carboxylic acids is 1. The summed E-state index contributed by atoms with van der Waals surface area (Å²) in [5, 5.41) is 15.5. The highest BCUT2D eigenvalue weighted by Crippen LogP contribution is 2.20. The summed E-state index contributed by atoms with van der Waals surface area (Å²) >= 11 is 0. The zero-order valence-electron chi connectivity index (χ0n) is 12.5. The Kier molecular flexibility index (Phi) is 4.93. The van der Waals surface area contributed by atoms with Crippen LogP contribution in [0.25, 0.3) is 0 Å². The Morgan fingerprint density at radius 1 is 1.27 bits per heavy atom. The van der Waals surface area contributed by atoms with Crippen LogP contribution in [-0.2, 0) is 4.79 Å². The van der Waals surface area contributed by atoms with E-state index in [0.29, 0.717) is 23.4 Å². The predicted octanol–water partition coefficient (Wildman–Crippen LogP) is 2.63. The van der Waals surface area contributed by atoms with Gasteiger partial charge in [-0.2, -0.15) is 0 Å². The second-order valence-electron chi connectivity index (χ2n) is 5.07. The molecule has 1 heterocycles. The zero-order valence-corrected chi connectivity index (χ0v) is 12.5. The average Bonchev–Trinajstić information content (AvgIpc) is 2.83. The summed E-state index contributed by atoms with van der Waals surface area (Å²) in [4.78, 5) is 23.2. The minimum Gasteiger partial charge on any atom is -0.481 e. The number of nitrogens with zero attached hydrogens (tertiary/aromatic N) is 1. The van der Waals surface area contributed by atoms with Gasteiger partial charge in [-0.25, -0.2) is 0 Å².